The Morgan fingerprint density at radius 1 is 1.44 bits per heavy atom. The first kappa shape index (κ1) is 12.3. The average Bonchev–Trinajstić information content (AvgIpc) is 2.81. The van der Waals surface area contributed by atoms with Crippen molar-refractivity contribution < 1.29 is 4.79 Å². The SMILES string of the molecule is Cc1ccc(NC(=O)c2cn(CCN)cn2)nc1. The first-order valence-electron chi connectivity index (χ1n) is 5.65. The predicted octanol–water partition coefficient (Wildman–Crippen LogP) is 0.798. The normalized spacial score (nSPS) is 10.3. The van der Waals surface area contributed by atoms with Crippen molar-refractivity contribution in [2.24, 2.45) is 5.73 Å². The van der Waals surface area contributed by atoms with Gasteiger partial charge in [0.25, 0.3) is 5.91 Å². The van der Waals surface area contributed by atoms with E-state index in [0.717, 1.165) is 5.56 Å². The quantitative estimate of drug-likeness (QED) is 0.834. The number of rotatable bonds is 4. The topological polar surface area (TPSA) is 85.8 Å². The molecular formula is C12H15N5O. The van der Waals surface area contributed by atoms with Crippen LogP contribution in [0.1, 0.15) is 16.1 Å². The van der Waals surface area contributed by atoms with Crippen LogP contribution < -0.4 is 11.1 Å². The molecule has 1 amide bonds. The fourth-order valence-corrected chi connectivity index (χ4v) is 1.47. The van der Waals surface area contributed by atoms with Crippen LogP contribution in [0.25, 0.3) is 0 Å². The molecule has 6 heteroatoms. The van der Waals surface area contributed by atoms with E-state index in [1.54, 1.807) is 29.4 Å². The van der Waals surface area contributed by atoms with Crippen molar-refractivity contribution >= 4 is 11.7 Å². The fraction of sp³-hybridized carbons (Fsp3) is 0.250. The summed E-state index contributed by atoms with van der Waals surface area (Å²) in [7, 11) is 0. The number of pyridine rings is 1. The molecule has 0 aliphatic carbocycles. The number of anilines is 1. The first-order chi connectivity index (χ1) is 8.69. The maximum Gasteiger partial charge on any atom is 0.276 e. The first-order valence-corrected chi connectivity index (χ1v) is 5.65. The van der Waals surface area contributed by atoms with Gasteiger partial charge >= 0.3 is 0 Å². The number of carbonyl (C=O) groups excluding carboxylic acids is 1. The average molecular weight is 245 g/mol. The number of nitrogens with zero attached hydrogens (tertiary/aromatic N) is 3. The van der Waals surface area contributed by atoms with E-state index in [2.05, 4.69) is 15.3 Å². The summed E-state index contributed by atoms with van der Waals surface area (Å²) in [6.45, 7) is 3.09. The van der Waals surface area contributed by atoms with Gasteiger partial charge in [-0.2, -0.15) is 0 Å². The van der Waals surface area contributed by atoms with Crippen molar-refractivity contribution in [2.75, 3.05) is 11.9 Å². The summed E-state index contributed by atoms with van der Waals surface area (Å²) in [6, 6.07) is 3.64. The van der Waals surface area contributed by atoms with Gasteiger partial charge in [-0.15, -0.1) is 0 Å². The van der Waals surface area contributed by atoms with Gasteiger partial charge in [0, 0.05) is 25.5 Å². The van der Waals surface area contributed by atoms with E-state index < -0.39 is 0 Å². The van der Waals surface area contributed by atoms with E-state index in [-0.39, 0.29) is 5.91 Å². The van der Waals surface area contributed by atoms with Crippen LogP contribution in [-0.4, -0.2) is 27.0 Å². The molecule has 2 aromatic rings. The zero-order valence-corrected chi connectivity index (χ0v) is 10.1. The fourth-order valence-electron chi connectivity index (χ4n) is 1.47. The van der Waals surface area contributed by atoms with Gasteiger partial charge in [-0.25, -0.2) is 9.97 Å². The Labute approximate surface area is 105 Å². The number of nitrogens with two attached hydrogens (primary N) is 1. The van der Waals surface area contributed by atoms with Crippen molar-refractivity contribution in [1.82, 2.24) is 14.5 Å². The predicted molar refractivity (Wildman–Crippen MR) is 68.2 cm³/mol. The molecule has 0 aliphatic rings. The van der Waals surface area contributed by atoms with Gasteiger partial charge in [0.15, 0.2) is 0 Å². The lowest BCUT2D eigenvalue weighted by molar-refractivity contribution is 0.102. The number of aromatic nitrogens is 3. The highest BCUT2D eigenvalue weighted by molar-refractivity contribution is 6.02. The number of nitrogens with one attached hydrogen (secondary N) is 1. The molecule has 0 atom stereocenters. The van der Waals surface area contributed by atoms with E-state index in [9.17, 15) is 4.79 Å². The molecule has 0 radical (unpaired) electrons. The summed E-state index contributed by atoms with van der Waals surface area (Å²) in [6.07, 6.45) is 4.95. The standard InChI is InChI=1S/C12H15N5O/c1-9-2-3-11(14-6-9)16-12(18)10-7-17(5-4-13)8-15-10/h2-3,6-8H,4-5,13H2,1H3,(H,14,16,18). The number of amides is 1. The molecule has 2 rings (SSSR count). The molecule has 0 aromatic carbocycles. The van der Waals surface area contributed by atoms with Gasteiger partial charge in [0.1, 0.15) is 11.5 Å². The van der Waals surface area contributed by atoms with Gasteiger partial charge in [0.2, 0.25) is 0 Å². The third-order valence-electron chi connectivity index (χ3n) is 2.41. The Morgan fingerprint density at radius 2 is 2.28 bits per heavy atom. The molecule has 2 aromatic heterocycles. The number of hydrogen-bond acceptors (Lipinski definition) is 4. The van der Waals surface area contributed by atoms with Crippen molar-refractivity contribution in [3.63, 3.8) is 0 Å². The number of imidazole rings is 1. The largest absolute Gasteiger partial charge is 0.335 e. The smallest absolute Gasteiger partial charge is 0.276 e. The summed E-state index contributed by atoms with van der Waals surface area (Å²) in [5, 5.41) is 2.68. The van der Waals surface area contributed by atoms with Gasteiger partial charge in [-0.3, -0.25) is 4.79 Å². The van der Waals surface area contributed by atoms with E-state index in [1.165, 1.54) is 0 Å². The maximum atomic E-state index is 11.9. The minimum absolute atomic E-state index is 0.276. The Bertz CT molecular complexity index is 532. The Balaban J connectivity index is 2.04. The maximum absolute atomic E-state index is 11.9. The second-order valence-corrected chi connectivity index (χ2v) is 3.96. The van der Waals surface area contributed by atoms with Crippen molar-refractivity contribution in [1.29, 1.82) is 0 Å². The number of aryl methyl sites for hydroxylation is 1. The van der Waals surface area contributed by atoms with Gasteiger partial charge in [0.05, 0.1) is 6.33 Å². The van der Waals surface area contributed by atoms with E-state index >= 15 is 0 Å². The second kappa shape index (κ2) is 5.42. The Kier molecular flexibility index (Phi) is 3.69. The molecule has 2 heterocycles. The summed E-state index contributed by atoms with van der Waals surface area (Å²) < 4.78 is 1.78. The third kappa shape index (κ3) is 2.92. The van der Waals surface area contributed by atoms with Crippen molar-refractivity contribution in [2.45, 2.75) is 13.5 Å². The minimum Gasteiger partial charge on any atom is -0.335 e. The van der Waals surface area contributed by atoms with Crippen LogP contribution in [0.15, 0.2) is 30.9 Å². The number of hydrogen-bond donors (Lipinski definition) is 2. The molecule has 18 heavy (non-hydrogen) atoms. The second-order valence-electron chi connectivity index (χ2n) is 3.96. The summed E-state index contributed by atoms with van der Waals surface area (Å²) in [5.74, 6) is 0.237. The Morgan fingerprint density at radius 3 is 2.94 bits per heavy atom. The lowest BCUT2D eigenvalue weighted by Crippen LogP contribution is -2.13. The summed E-state index contributed by atoms with van der Waals surface area (Å²) in [4.78, 5) is 20.0. The number of carbonyl (C=O) groups is 1. The Hall–Kier alpha value is -2.21. The third-order valence-corrected chi connectivity index (χ3v) is 2.41. The zero-order valence-electron chi connectivity index (χ0n) is 10.1. The molecule has 0 saturated heterocycles. The van der Waals surface area contributed by atoms with Crippen LogP contribution in [0, 0.1) is 6.92 Å². The van der Waals surface area contributed by atoms with Crippen LogP contribution in [0.3, 0.4) is 0 Å². The van der Waals surface area contributed by atoms with Gasteiger partial charge in [-0.05, 0) is 18.6 Å². The molecule has 0 saturated carbocycles. The minimum atomic E-state index is -0.276. The van der Waals surface area contributed by atoms with E-state index in [0.29, 0.717) is 24.6 Å². The van der Waals surface area contributed by atoms with Gasteiger partial charge < -0.3 is 15.6 Å². The molecule has 0 spiro atoms. The summed E-state index contributed by atoms with van der Waals surface area (Å²) in [5.41, 5.74) is 6.82. The van der Waals surface area contributed by atoms with Crippen LogP contribution in [0.5, 0.6) is 0 Å². The highest BCUT2D eigenvalue weighted by Crippen LogP contribution is 2.06. The van der Waals surface area contributed by atoms with Gasteiger partial charge in [-0.1, -0.05) is 6.07 Å². The zero-order chi connectivity index (χ0) is 13.0. The van der Waals surface area contributed by atoms with Crippen LogP contribution in [0.4, 0.5) is 5.82 Å². The lowest BCUT2D eigenvalue weighted by Gasteiger charge is -2.02. The highest BCUT2D eigenvalue weighted by atomic mass is 16.2. The molecule has 6 nitrogen and oxygen atoms in total. The van der Waals surface area contributed by atoms with Crippen LogP contribution in [-0.2, 0) is 6.54 Å². The van der Waals surface area contributed by atoms with Crippen molar-refractivity contribution in [3.05, 3.63) is 42.1 Å². The summed E-state index contributed by atoms with van der Waals surface area (Å²) >= 11 is 0. The van der Waals surface area contributed by atoms with E-state index in [4.69, 9.17) is 5.73 Å². The van der Waals surface area contributed by atoms with Crippen LogP contribution in [0.2, 0.25) is 0 Å². The molecule has 0 fully saturated rings. The molecule has 0 unspecified atom stereocenters. The molecule has 0 bridgehead atoms. The van der Waals surface area contributed by atoms with Crippen molar-refractivity contribution in [3.8, 4) is 0 Å². The lowest BCUT2D eigenvalue weighted by atomic mass is 10.3. The molecule has 3 N–H and O–H groups in total. The monoisotopic (exact) mass is 245 g/mol. The molecular weight excluding hydrogens is 230 g/mol. The van der Waals surface area contributed by atoms with Crippen LogP contribution >= 0.6 is 0 Å². The molecule has 0 aliphatic heterocycles. The van der Waals surface area contributed by atoms with E-state index in [1.807, 2.05) is 13.0 Å². The highest BCUT2D eigenvalue weighted by Gasteiger charge is 2.09. The molecule has 94 valence electrons.